The largest absolute Gasteiger partial charge is 0.414 e. The van der Waals surface area contributed by atoms with Crippen LogP contribution in [-0.4, -0.2) is 68.4 Å². The van der Waals surface area contributed by atoms with Gasteiger partial charge in [0.05, 0.1) is 19.3 Å². The highest BCUT2D eigenvalue weighted by Gasteiger charge is 2.57. The number of rotatable bonds is 17. The third-order valence-corrected chi connectivity index (χ3v) is 25.1. The Balaban J connectivity index is 1.50. The molecule has 6 nitrogen and oxygen atoms in total. The lowest BCUT2D eigenvalue weighted by atomic mass is 9.80. The van der Waals surface area contributed by atoms with E-state index in [0.29, 0.717) is 12.3 Å². The first-order valence-corrected chi connectivity index (χ1v) is 30.7. The van der Waals surface area contributed by atoms with Crippen LogP contribution in [-0.2, 0) is 22.9 Å². The molecule has 336 valence electrons. The van der Waals surface area contributed by atoms with Gasteiger partial charge in [-0.2, -0.15) is 0 Å². The summed E-state index contributed by atoms with van der Waals surface area (Å²) in [5.74, 6) is 0.442. The van der Waals surface area contributed by atoms with Crippen molar-refractivity contribution in [3.63, 3.8) is 0 Å². The summed E-state index contributed by atoms with van der Waals surface area (Å²) < 4.78 is 23.5. The summed E-state index contributed by atoms with van der Waals surface area (Å²) >= 11 is 0. The Kier molecular flexibility index (Phi) is 15.8. The minimum absolute atomic E-state index is 0.0230. The van der Waals surface area contributed by atoms with Crippen molar-refractivity contribution in [2.45, 2.75) is 147 Å². The van der Waals surface area contributed by atoms with E-state index < -0.39 is 25.0 Å². The zero-order valence-electron chi connectivity index (χ0n) is 39.9. The smallest absolute Gasteiger partial charge is 0.261 e. The van der Waals surface area contributed by atoms with Crippen molar-refractivity contribution in [2.75, 3.05) is 14.2 Å². The van der Waals surface area contributed by atoms with E-state index in [1.54, 1.807) is 14.2 Å². The summed E-state index contributed by atoms with van der Waals surface area (Å²) in [4.78, 5) is 19.6. The Morgan fingerprint density at radius 1 is 0.629 bits per heavy atom. The number of carbonyl (C=O) groups is 1. The van der Waals surface area contributed by atoms with Crippen LogP contribution >= 0.6 is 0 Å². The van der Waals surface area contributed by atoms with Gasteiger partial charge in [0.15, 0.2) is 8.32 Å². The Labute approximate surface area is 378 Å². The van der Waals surface area contributed by atoms with Gasteiger partial charge in [0, 0.05) is 19.6 Å². The molecular weight excluding hydrogens is 815 g/mol. The summed E-state index contributed by atoms with van der Waals surface area (Å²) in [6, 6.07) is 44.3. The van der Waals surface area contributed by atoms with Crippen LogP contribution in [0.25, 0.3) is 0 Å². The molecule has 62 heavy (non-hydrogen) atoms. The van der Waals surface area contributed by atoms with Gasteiger partial charge in [-0.25, -0.2) is 5.06 Å². The highest BCUT2D eigenvalue weighted by Crippen LogP contribution is 2.48. The van der Waals surface area contributed by atoms with Crippen LogP contribution < -0.4 is 20.7 Å². The minimum Gasteiger partial charge on any atom is -0.414 e. The number of carbonyl (C=O) groups excluding carboxylic acids is 1. The van der Waals surface area contributed by atoms with Crippen LogP contribution in [0.3, 0.4) is 0 Å². The predicted octanol–water partition coefficient (Wildman–Crippen LogP) is 10.5. The highest BCUT2D eigenvalue weighted by molar-refractivity contribution is 7.00. The van der Waals surface area contributed by atoms with Crippen molar-refractivity contribution >= 4 is 51.6 Å². The van der Waals surface area contributed by atoms with Crippen LogP contribution in [0, 0.1) is 17.8 Å². The molecule has 1 amide bonds. The molecule has 4 aromatic rings. The van der Waals surface area contributed by atoms with E-state index in [1.165, 1.54) is 57.9 Å². The first kappa shape index (κ1) is 48.3. The fraction of sp³-hybridized carbons (Fsp3) is 0.528. The van der Waals surface area contributed by atoms with E-state index >= 15 is 0 Å². The number of amides is 1. The fourth-order valence-corrected chi connectivity index (χ4v) is 21.8. The normalized spacial score (nSPS) is 21.1. The first-order chi connectivity index (χ1) is 29.4. The van der Waals surface area contributed by atoms with Gasteiger partial charge in [-0.05, 0) is 100 Å². The van der Waals surface area contributed by atoms with Crippen molar-refractivity contribution in [2.24, 2.45) is 17.8 Å². The number of nitrogens with zero attached hydrogens (tertiary/aromatic N) is 1. The highest BCUT2D eigenvalue weighted by atomic mass is 28.4. The summed E-state index contributed by atoms with van der Waals surface area (Å²) in [6.07, 6.45) is 8.77. The molecular formula is C53H77NO5Si3. The SMILES string of the molecule is CON(C)C(=O)C[C@@H]1[C@@H](CC[C@@H](O[Si](c2ccccc2)(c2ccccc2)C(C)(C)C)C2CCCCC2)[C@H](O[Si](c2ccccc2)(c2ccccc2)C(C)(C)C)C[C@@H]1O[Si](C)(C)C. The molecule has 9 heteroatoms. The van der Waals surface area contributed by atoms with Crippen LogP contribution in [0.4, 0.5) is 0 Å². The molecule has 4 aromatic carbocycles. The molecule has 0 spiro atoms. The minimum atomic E-state index is -2.97. The zero-order chi connectivity index (χ0) is 44.8. The molecule has 6 rings (SSSR count). The summed E-state index contributed by atoms with van der Waals surface area (Å²) in [7, 11) is -4.59. The van der Waals surface area contributed by atoms with E-state index in [0.717, 1.165) is 19.3 Å². The molecule has 2 fully saturated rings. The lowest BCUT2D eigenvalue weighted by Crippen LogP contribution is -2.68. The van der Waals surface area contributed by atoms with Gasteiger partial charge < -0.3 is 13.3 Å². The average molecular weight is 892 g/mol. The second kappa shape index (κ2) is 20.3. The summed E-state index contributed by atoms with van der Waals surface area (Å²) in [5, 5.41) is 6.25. The quantitative estimate of drug-likeness (QED) is 0.0781. The van der Waals surface area contributed by atoms with Gasteiger partial charge in [0.1, 0.15) is 0 Å². The third kappa shape index (κ3) is 10.7. The molecule has 0 unspecified atom stereocenters. The van der Waals surface area contributed by atoms with Crippen molar-refractivity contribution < 1.29 is 22.9 Å². The maximum Gasteiger partial charge on any atom is 0.261 e. The molecule has 2 aliphatic rings. The maximum absolute atomic E-state index is 14.1. The van der Waals surface area contributed by atoms with Crippen LogP contribution in [0.5, 0.6) is 0 Å². The van der Waals surface area contributed by atoms with Gasteiger partial charge in [0.25, 0.3) is 16.6 Å². The molecule has 2 saturated carbocycles. The predicted molar refractivity (Wildman–Crippen MR) is 265 cm³/mol. The van der Waals surface area contributed by atoms with Gasteiger partial charge in [-0.15, -0.1) is 0 Å². The van der Waals surface area contributed by atoms with Crippen LogP contribution in [0.1, 0.15) is 99.3 Å². The Bertz CT molecular complexity index is 1900. The Morgan fingerprint density at radius 2 is 1.05 bits per heavy atom. The zero-order valence-corrected chi connectivity index (χ0v) is 42.9. The number of hydrogen-bond acceptors (Lipinski definition) is 5. The number of hydrogen-bond donors (Lipinski definition) is 0. The molecule has 0 radical (unpaired) electrons. The summed E-state index contributed by atoms with van der Waals surface area (Å²) in [5.41, 5.74) is 0. The lowest BCUT2D eigenvalue weighted by molar-refractivity contribution is -0.170. The third-order valence-electron chi connectivity index (χ3n) is 14.0. The Morgan fingerprint density at radius 3 is 1.45 bits per heavy atom. The summed E-state index contributed by atoms with van der Waals surface area (Å²) in [6.45, 7) is 21.1. The van der Waals surface area contributed by atoms with Crippen molar-refractivity contribution in [3.05, 3.63) is 121 Å². The van der Waals surface area contributed by atoms with Crippen molar-refractivity contribution in [3.8, 4) is 0 Å². The van der Waals surface area contributed by atoms with E-state index in [1.807, 2.05) is 0 Å². The maximum atomic E-state index is 14.1. The second-order valence-electron chi connectivity index (χ2n) is 21.2. The van der Waals surface area contributed by atoms with E-state index in [-0.39, 0.29) is 46.1 Å². The molecule has 0 aromatic heterocycles. The van der Waals surface area contributed by atoms with Gasteiger partial charge in [0.2, 0.25) is 5.91 Å². The fourth-order valence-electron chi connectivity index (χ4n) is 11.1. The molecule has 0 heterocycles. The number of benzene rings is 4. The van der Waals surface area contributed by atoms with Gasteiger partial charge >= 0.3 is 0 Å². The van der Waals surface area contributed by atoms with Crippen molar-refractivity contribution in [1.29, 1.82) is 0 Å². The second-order valence-corrected chi connectivity index (χ2v) is 34.2. The Hall–Kier alpha value is -3.16. The van der Waals surface area contributed by atoms with E-state index in [9.17, 15) is 4.79 Å². The standard InChI is InChI=1S/C53H77NO5Si3/c1-52(2,3)61(42-29-19-13-20-30-42,43-31-21-14-22-32-43)58-48(41-27-17-12-18-28-41)38-37-46-47(39-51(55)54(7)56-8)50(57-60(9,10)11)40-49(46)59-62(53(4,5)6,44-33-23-15-24-34-44)45-35-25-16-26-36-45/h13-16,19-26,29-36,41,46-50H,12,17-18,27-28,37-40H2,1-11H3/t46-,47-,48-,49-,50+/m1/s1. The molecule has 2 aliphatic carbocycles. The van der Waals surface area contributed by atoms with Crippen molar-refractivity contribution in [1.82, 2.24) is 5.06 Å². The monoisotopic (exact) mass is 892 g/mol. The first-order valence-electron chi connectivity index (χ1n) is 23.5. The van der Waals surface area contributed by atoms with Crippen LogP contribution in [0.15, 0.2) is 121 Å². The van der Waals surface area contributed by atoms with E-state index in [2.05, 4.69) is 183 Å². The average Bonchev–Trinajstić information content (AvgIpc) is 3.55. The van der Waals surface area contributed by atoms with Gasteiger partial charge in [-0.3, -0.25) is 9.63 Å². The molecule has 0 bridgehead atoms. The molecule has 0 saturated heterocycles. The van der Waals surface area contributed by atoms with Gasteiger partial charge in [-0.1, -0.05) is 182 Å². The van der Waals surface area contributed by atoms with Crippen LogP contribution in [0.2, 0.25) is 29.7 Å². The van der Waals surface area contributed by atoms with E-state index in [4.69, 9.17) is 18.1 Å². The lowest BCUT2D eigenvalue weighted by Gasteiger charge is -2.48. The molecule has 5 atom stereocenters. The topological polar surface area (TPSA) is 57.2 Å². The molecule has 0 aliphatic heterocycles. The molecule has 0 N–H and O–H groups in total. The number of hydroxylamine groups is 2.